The molecule has 7 rings (SSSR count). The molecule has 1 aliphatic heterocycles. The number of nitrogens with one attached hydrogen (secondary N) is 1. The molecule has 31 heavy (non-hydrogen) atoms. The number of carbonyl (C=O) groups excluding carboxylic acids is 1. The van der Waals surface area contributed by atoms with E-state index in [1.54, 1.807) is 6.33 Å². The Hall–Kier alpha value is -2.17. The summed E-state index contributed by atoms with van der Waals surface area (Å²) in [5.74, 6) is 3.29. The van der Waals surface area contributed by atoms with Gasteiger partial charge in [-0.25, -0.2) is 4.98 Å². The van der Waals surface area contributed by atoms with Crippen molar-refractivity contribution in [2.24, 2.45) is 17.3 Å². The summed E-state index contributed by atoms with van der Waals surface area (Å²) in [7, 11) is 0. The Balaban J connectivity index is 1.25. The quantitative estimate of drug-likeness (QED) is 0.788. The van der Waals surface area contributed by atoms with Gasteiger partial charge >= 0.3 is 0 Å². The van der Waals surface area contributed by atoms with Crippen molar-refractivity contribution in [3.8, 4) is 0 Å². The molecule has 1 aromatic heterocycles. The lowest BCUT2D eigenvalue weighted by molar-refractivity contribution is -0.161. The number of carbonyl (C=O) groups is 1. The molecule has 2 atom stereocenters. The smallest absolute Gasteiger partial charge is 0.228 e. The summed E-state index contributed by atoms with van der Waals surface area (Å²) in [6.45, 7) is 6.15. The predicted molar refractivity (Wildman–Crippen MR) is 120 cm³/mol. The van der Waals surface area contributed by atoms with Crippen molar-refractivity contribution in [2.45, 2.75) is 76.5 Å². The van der Waals surface area contributed by atoms with Crippen LogP contribution in [0.2, 0.25) is 0 Å². The lowest BCUT2D eigenvalue weighted by Crippen LogP contribution is -2.60. The first-order chi connectivity index (χ1) is 15.0. The molecular formula is C26H34N4O. The van der Waals surface area contributed by atoms with Crippen LogP contribution in [0.1, 0.15) is 79.8 Å². The number of aromatic amines is 1. The van der Waals surface area contributed by atoms with Crippen LogP contribution in [-0.2, 0) is 10.2 Å². The number of rotatable bonds is 3. The highest BCUT2D eigenvalue weighted by molar-refractivity contribution is 5.84. The third kappa shape index (κ3) is 3.07. The van der Waals surface area contributed by atoms with Gasteiger partial charge in [0.2, 0.25) is 5.91 Å². The van der Waals surface area contributed by atoms with E-state index in [-0.39, 0.29) is 10.8 Å². The Morgan fingerprint density at radius 1 is 1.06 bits per heavy atom. The minimum atomic E-state index is -0.123. The van der Waals surface area contributed by atoms with E-state index in [9.17, 15) is 4.79 Å². The number of likely N-dealkylation sites (tertiary alicyclic amines) is 1. The lowest BCUT2D eigenvalue weighted by atomic mass is 9.42. The van der Waals surface area contributed by atoms with Crippen LogP contribution in [0.4, 0.5) is 0 Å². The molecule has 5 aliphatic rings. The van der Waals surface area contributed by atoms with Crippen molar-refractivity contribution in [1.82, 2.24) is 20.1 Å². The second-order valence-electron chi connectivity index (χ2n) is 11.3. The summed E-state index contributed by atoms with van der Waals surface area (Å²) < 4.78 is 0. The van der Waals surface area contributed by atoms with Crippen molar-refractivity contribution in [3.63, 3.8) is 0 Å². The number of nitrogens with zero attached hydrogens (tertiary/aromatic N) is 3. The van der Waals surface area contributed by atoms with E-state index in [1.807, 2.05) is 0 Å². The third-order valence-corrected chi connectivity index (χ3v) is 9.24. The molecule has 2 heterocycles. The van der Waals surface area contributed by atoms with Crippen molar-refractivity contribution in [1.29, 1.82) is 0 Å². The summed E-state index contributed by atoms with van der Waals surface area (Å²) in [4.78, 5) is 20.6. The third-order valence-electron chi connectivity index (χ3n) is 9.24. The van der Waals surface area contributed by atoms with E-state index in [0.717, 1.165) is 62.9 Å². The highest BCUT2D eigenvalue weighted by Gasteiger charge is 2.61. The minimum absolute atomic E-state index is 0.123. The zero-order valence-corrected chi connectivity index (χ0v) is 18.9. The fourth-order valence-electron chi connectivity index (χ4n) is 8.02. The number of amides is 1. The van der Waals surface area contributed by atoms with Gasteiger partial charge in [0.15, 0.2) is 0 Å². The second kappa shape index (κ2) is 6.91. The summed E-state index contributed by atoms with van der Waals surface area (Å²) >= 11 is 0. The van der Waals surface area contributed by atoms with Crippen molar-refractivity contribution < 1.29 is 4.79 Å². The van der Waals surface area contributed by atoms with Crippen LogP contribution in [0.15, 0.2) is 24.5 Å². The average molecular weight is 419 g/mol. The Bertz CT molecular complexity index is 975. The maximum atomic E-state index is 14.0. The van der Waals surface area contributed by atoms with Crippen LogP contribution in [0, 0.1) is 31.1 Å². The maximum Gasteiger partial charge on any atom is 0.228 e. The predicted octanol–water partition coefficient (Wildman–Crippen LogP) is 4.67. The maximum absolute atomic E-state index is 14.0. The number of benzene rings is 1. The number of hydrogen-bond acceptors (Lipinski definition) is 3. The van der Waals surface area contributed by atoms with Gasteiger partial charge in [-0.2, -0.15) is 5.10 Å². The molecule has 5 fully saturated rings. The minimum Gasteiger partial charge on any atom is -0.342 e. The topological polar surface area (TPSA) is 61.9 Å². The number of piperidine rings is 1. The summed E-state index contributed by atoms with van der Waals surface area (Å²) in [6, 6.07) is 7.10. The van der Waals surface area contributed by atoms with E-state index in [4.69, 9.17) is 0 Å². The molecule has 1 N–H and O–H groups in total. The molecule has 2 unspecified atom stereocenters. The molecule has 1 saturated heterocycles. The Labute approximate surface area is 185 Å². The first-order valence-electron chi connectivity index (χ1n) is 12.2. The molecule has 1 amide bonds. The fourth-order valence-corrected chi connectivity index (χ4v) is 8.02. The van der Waals surface area contributed by atoms with Gasteiger partial charge in [0, 0.05) is 19.0 Å². The molecule has 5 heteroatoms. The van der Waals surface area contributed by atoms with E-state index >= 15 is 0 Å². The largest absolute Gasteiger partial charge is 0.342 e. The summed E-state index contributed by atoms with van der Waals surface area (Å²) in [6.07, 6.45) is 10.8. The van der Waals surface area contributed by atoms with E-state index < -0.39 is 0 Å². The molecule has 2 aromatic rings. The Morgan fingerprint density at radius 3 is 2.45 bits per heavy atom. The highest BCUT2D eigenvalue weighted by Crippen LogP contribution is 2.66. The SMILES string of the molecule is Cc1ccc(C23CC4CC(CC(C(=O)N5CCC(c6ncn[nH]6)CC5)(C4)C2)C3)cc1C. The van der Waals surface area contributed by atoms with Crippen molar-refractivity contribution in [2.75, 3.05) is 13.1 Å². The van der Waals surface area contributed by atoms with Gasteiger partial charge in [0.25, 0.3) is 0 Å². The Morgan fingerprint density at radius 2 is 1.81 bits per heavy atom. The molecule has 0 radical (unpaired) electrons. The second-order valence-corrected chi connectivity index (χ2v) is 11.3. The normalized spacial score (nSPS) is 35.0. The standard InChI is InChI=1S/C26H34N4O/c1-17-3-4-22(9-18(17)2)25-11-19-10-20(12-25)14-26(13-19,15-25)24(31)30-7-5-21(6-8-30)23-27-16-28-29-23/h3-4,9,16,19-21H,5-8,10-15H2,1-2H3,(H,27,28,29). The molecule has 5 nitrogen and oxygen atoms in total. The van der Waals surface area contributed by atoms with Gasteiger partial charge in [-0.3, -0.25) is 9.89 Å². The molecule has 0 spiro atoms. The van der Waals surface area contributed by atoms with Crippen LogP contribution in [-0.4, -0.2) is 39.1 Å². The van der Waals surface area contributed by atoms with Gasteiger partial charge in [0.1, 0.15) is 12.2 Å². The Kier molecular flexibility index (Phi) is 4.35. The van der Waals surface area contributed by atoms with Crippen LogP contribution in [0.3, 0.4) is 0 Å². The van der Waals surface area contributed by atoms with Crippen LogP contribution < -0.4 is 0 Å². The van der Waals surface area contributed by atoms with E-state index in [0.29, 0.717) is 11.8 Å². The number of H-pyrrole nitrogens is 1. The molecule has 164 valence electrons. The van der Waals surface area contributed by atoms with Crippen LogP contribution >= 0.6 is 0 Å². The van der Waals surface area contributed by atoms with Gasteiger partial charge in [-0.1, -0.05) is 18.2 Å². The molecule has 1 aromatic carbocycles. The lowest BCUT2D eigenvalue weighted by Gasteiger charge is -2.62. The zero-order valence-electron chi connectivity index (χ0n) is 18.9. The first kappa shape index (κ1) is 19.5. The van der Waals surface area contributed by atoms with Crippen LogP contribution in [0.5, 0.6) is 0 Å². The average Bonchev–Trinajstić information content (AvgIpc) is 3.29. The van der Waals surface area contributed by atoms with E-state index in [2.05, 4.69) is 52.1 Å². The number of hydrogen-bond donors (Lipinski definition) is 1. The van der Waals surface area contributed by atoms with Gasteiger partial charge in [0.05, 0.1) is 5.41 Å². The summed E-state index contributed by atoms with van der Waals surface area (Å²) in [5, 5.41) is 7.04. The molecule has 4 aliphatic carbocycles. The van der Waals surface area contributed by atoms with Crippen molar-refractivity contribution >= 4 is 5.91 Å². The van der Waals surface area contributed by atoms with Gasteiger partial charge in [-0.15, -0.1) is 0 Å². The first-order valence-corrected chi connectivity index (χ1v) is 12.2. The summed E-state index contributed by atoms with van der Waals surface area (Å²) in [5.41, 5.74) is 4.36. The van der Waals surface area contributed by atoms with Crippen LogP contribution in [0.25, 0.3) is 0 Å². The van der Waals surface area contributed by atoms with Crippen molar-refractivity contribution in [3.05, 3.63) is 47.0 Å². The van der Waals surface area contributed by atoms with Gasteiger partial charge in [-0.05, 0) is 99.2 Å². The number of aromatic nitrogens is 3. The molecule has 4 bridgehead atoms. The van der Waals surface area contributed by atoms with Gasteiger partial charge < -0.3 is 4.90 Å². The number of aryl methyl sites for hydroxylation is 2. The molecule has 4 saturated carbocycles. The monoisotopic (exact) mass is 418 g/mol. The fraction of sp³-hybridized carbons (Fsp3) is 0.654. The highest BCUT2D eigenvalue weighted by atomic mass is 16.2. The van der Waals surface area contributed by atoms with E-state index in [1.165, 1.54) is 36.0 Å². The molecular weight excluding hydrogens is 384 g/mol. The zero-order chi connectivity index (χ0) is 21.2.